The Bertz CT molecular complexity index is 560. The molecule has 0 saturated heterocycles. The molecule has 1 atom stereocenters. The average molecular weight is 402 g/mol. The van der Waals surface area contributed by atoms with Gasteiger partial charge in [0.05, 0.1) is 4.47 Å². The molecule has 0 amide bonds. The van der Waals surface area contributed by atoms with Crippen LogP contribution in [-0.2, 0) is 11.8 Å². The van der Waals surface area contributed by atoms with E-state index in [2.05, 4.69) is 76.9 Å². The van der Waals surface area contributed by atoms with E-state index in [4.69, 9.17) is 4.42 Å². The summed E-state index contributed by atoms with van der Waals surface area (Å²) in [7, 11) is 0. The molecular weight excluding hydrogens is 384 g/mol. The van der Waals surface area contributed by atoms with Gasteiger partial charge in [0.1, 0.15) is 11.9 Å². The van der Waals surface area contributed by atoms with Crippen molar-refractivity contribution in [1.82, 2.24) is 0 Å². The number of aliphatic hydroxyl groups is 1. The summed E-state index contributed by atoms with van der Waals surface area (Å²) in [5.41, 5.74) is 2.53. The highest BCUT2D eigenvalue weighted by Gasteiger charge is 2.17. The van der Waals surface area contributed by atoms with Crippen molar-refractivity contribution in [3.63, 3.8) is 0 Å². The van der Waals surface area contributed by atoms with Gasteiger partial charge in [-0.15, -0.1) is 0 Å². The van der Waals surface area contributed by atoms with Gasteiger partial charge >= 0.3 is 0 Å². The van der Waals surface area contributed by atoms with Crippen LogP contribution in [0.1, 0.15) is 43.8 Å². The maximum absolute atomic E-state index is 10.2. The second-order valence-corrected chi connectivity index (χ2v) is 7.51. The molecule has 1 heterocycles. The zero-order chi connectivity index (χ0) is 14.9. The standard InChI is InChI=1S/C16H18Br2O2/c1-16(2,3)11-6-4-10(5-7-11)8-13(19)14-9-12(17)15(18)20-14/h4-7,9,13,19H,8H2,1-3H3. The molecule has 0 fully saturated rings. The second kappa shape index (κ2) is 6.04. The Kier molecular flexibility index (Phi) is 4.77. The summed E-state index contributed by atoms with van der Waals surface area (Å²) >= 11 is 6.63. The smallest absolute Gasteiger partial charge is 0.183 e. The molecule has 20 heavy (non-hydrogen) atoms. The van der Waals surface area contributed by atoms with Crippen molar-refractivity contribution in [2.75, 3.05) is 0 Å². The van der Waals surface area contributed by atoms with Crippen molar-refractivity contribution < 1.29 is 9.52 Å². The minimum Gasteiger partial charge on any atom is -0.450 e. The fourth-order valence-corrected chi connectivity index (χ4v) is 2.60. The maximum atomic E-state index is 10.2. The van der Waals surface area contributed by atoms with Gasteiger partial charge in [0, 0.05) is 6.42 Å². The molecule has 0 aliphatic heterocycles. The van der Waals surface area contributed by atoms with Crippen LogP contribution >= 0.6 is 31.9 Å². The number of halogens is 2. The largest absolute Gasteiger partial charge is 0.450 e. The van der Waals surface area contributed by atoms with Crippen molar-refractivity contribution in [2.45, 2.75) is 38.7 Å². The van der Waals surface area contributed by atoms with Crippen LogP contribution in [0.4, 0.5) is 0 Å². The molecule has 2 rings (SSSR count). The molecule has 0 aliphatic carbocycles. The van der Waals surface area contributed by atoms with E-state index in [0.29, 0.717) is 16.9 Å². The topological polar surface area (TPSA) is 33.4 Å². The normalized spacial score (nSPS) is 13.5. The van der Waals surface area contributed by atoms with Crippen molar-refractivity contribution in [2.24, 2.45) is 0 Å². The molecular formula is C16H18Br2O2. The molecule has 0 saturated carbocycles. The van der Waals surface area contributed by atoms with Crippen LogP contribution in [0.2, 0.25) is 0 Å². The van der Waals surface area contributed by atoms with Gasteiger partial charge in [-0.25, -0.2) is 0 Å². The second-order valence-electron chi connectivity index (χ2n) is 5.94. The minimum absolute atomic E-state index is 0.147. The lowest BCUT2D eigenvalue weighted by molar-refractivity contribution is 0.149. The van der Waals surface area contributed by atoms with Gasteiger partial charge in [-0.1, -0.05) is 45.0 Å². The highest BCUT2D eigenvalue weighted by Crippen LogP contribution is 2.31. The van der Waals surface area contributed by atoms with Crippen molar-refractivity contribution >= 4 is 31.9 Å². The van der Waals surface area contributed by atoms with Crippen LogP contribution < -0.4 is 0 Å². The van der Waals surface area contributed by atoms with Gasteiger partial charge < -0.3 is 9.52 Å². The Hall–Kier alpha value is -0.580. The molecule has 0 aliphatic rings. The first-order chi connectivity index (χ1) is 9.27. The van der Waals surface area contributed by atoms with E-state index in [1.165, 1.54) is 5.56 Å². The third-order valence-electron chi connectivity index (χ3n) is 3.24. The van der Waals surface area contributed by atoms with Crippen molar-refractivity contribution in [1.29, 1.82) is 0 Å². The van der Waals surface area contributed by atoms with Crippen LogP contribution in [0.15, 0.2) is 43.9 Å². The van der Waals surface area contributed by atoms with E-state index >= 15 is 0 Å². The summed E-state index contributed by atoms with van der Waals surface area (Å²) in [6, 6.07) is 10.2. The number of aliphatic hydroxyl groups excluding tert-OH is 1. The molecule has 2 nitrogen and oxygen atoms in total. The van der Waals surface area contributed by atoms with Crippen LogP contribution in [0.5, 0.6) is 0 Å². The summed E-state index contributed by atoms with van der Waals surface area (Å²) in [5, 5.41) is 10.2. The molecule has 1 aromatic carbocycles. The van der Waals surface area contributed by atoms with Crippen LogP contribution in [0, 0.1) is 0 Å². The highest BCUT2D eigenvalue weighted by molar-refractivity contribution is 9.13. The summed E-state index contributed by atoms with van der Waals surface area (Å²) in [4.78, 5) is 0. The van der Waals surface area contributed by atoms with E-state index in [0.717, 1.165) is 10.0 Å². The third kappa shape index (κ3) is 3.74. The van der Waals surface area contributed by atoms with Gasteiger partial charge in [0.25, 0.3) is 0 Å². The van der Waals surface area contributed by atoms with E-state index in [1.807, 2.05) is 0 Å². The zero-order valence-corrected chi connectivity index (χ0v) is 15.0. The Morgan fingerprint density at radius 2 is 1.75 bits per heavy atom. The fourth-order valence-electron chi connectivity index (χ4n) is 1.99. The first-order valence-electron chi connectivity index (χ1n) is 6.49. The fraction of sp³-hybridized carbons (Fsp3) is 0.375. The molecule has 0 spiro atoms. The minimum atomic E-state index is -0.641. The zero-order valence-electron chi connectivity index (χ0n) is 11.8. The van der Waals surface area contributed by atoms with Gasteiger partial charge in [-0.05, 0) is 54.5 Å². The summed E-state index contributed by atoms with van der Waals surface area (Å²) in [6.45, 7) is 6.57. The quantitative estimate of drug-likeness (QED) is 0.748. The van der Waals surface area contributed by atoms with Gasteiger partial charge in [-0.3, -0.25) is 0 Å². The maximum Gasteiger partial charge on any atom is 0.183 e. The van der Waals surface area contributed by atoms with E-state index in [1.54, 1.807) is 6.07 Å². The summed E-state index contributed by atoms with van der Waals surface area (Å²) < 4.78 is 6.87. The van der Waals surface area contributed by atoms with Crippen LogP contribution in [-0.4, -0.2) is 5.11 Å². The Labute approximate surface area is 136 Å². The van der Waals surface area contributed by atoms with E-state index in [9.17, 15) is 5.11 Å². The molecule has 4 heteroatoms. The average Bonchev–Trinajstić information content (AvgIpc) is 2.69. The third-order valence-corrected chi connectivity index (χ3v) is 4.95. The molecule has 108 valence electrons. The lowest BCUT2D eigenvalue weighted by Crippen LogP contribution is -2.11. The van der Waals surface area contributed by atoms with Crippen molar-refractivity contribution in [3.8, 4) is 0 Å². The molecule has 1 aromatic heterocycles. The van der Waals surface area contributed by atoms with Gasteiger partial charge in [0.15, 0.2) is 4.67 Å². The van der Waals surface area contributed by atoms with E-state index in [-0.39, 0.29) is 5.41 Å². The Morgan fingerprint density at radius 1 is 1.15 bits per heavy atom. The lowest BCUT2D eigenvalue weighted by atomic mass is 9.86. The lowest BCUT2D eigenvalue weighted by Gasteiger charge is -2.19. The molecule has 0 radical (unpaired) electrons. The predicted octanol–water partition coefficient (Wildman–Crippen LogP) is 5.38. The predicted molar refractivity (Wildman–Crippen MR) is 87.9 cm³/mol. The molecule has 1 unspecified atom stereocenters. The van der Waals surface area contributed by atoms with Gasteiger partial charge in [0.2, 0.25) is 0 Å². The number of rotatable bonds is 3. The monoisotopic (exact) mass is 400 g/mol. The first-order valence-corrected chi connectivity index (χ1v) is 8.08. The highest BCUT2D eigenvalue weighted by atomic mass is 79.9. The van der Waals surface area contributed by atoms with Crippen molar-refractivity contribution in [3.05, 3.63) is 56.4 Å². The van der Waals surface area contributed by atoms with Gasteiger partial charge in [-0.2, -0.15) is 0 Å². The number of hydrogen-bond donors (Lipinski definition) is 1. The van der Waals surface area contributed by atoms with Crippen LogP contribution in [0.25, 0.3) is 0 Å². The SMILES string of the molecule is CC(C)(C)c1ccc(CC(O)c2cc(Br)c(Br)o2)cc1. The first kappa shape index (κ1) is 15.8. The Morgan fingerprint density at radius 3 is 2.20 bits per heavy atom. The summed E-state index contributed by atoms with van der Waals surface area (Å²) in [6.07, 6.45) is -0.102. The molecule has 1 N–H and O–H groups in total. The van der Waals surface area contributed by atoms with Crippen LogP contribution in [0.3, 0.4) is 0 Å². The Balaban J connectivity index is 2.10. The number of benzene rings is 1. The molecule has 2 aromatic rings. The number of furan rings is 1. The number of hydrogen-bond acceptors (Lipinski definition) is 2. The summed E-state index contributed by atoms with van der Waals surface area (Å²) in [5.74, 6) is 0.559. The van der Waals surface area contributed by atoms with E-state index < -0.39 is 6.10 Å². The molecule has 0 bridgehead atoms.